The lowest BCUT2D eigenvalue weighted by molar-refractivity contribution is 1.08. The van der Waals surface area contributed by atoms with E-state index in [4.69, 9.17) is 15.0 Å². The van der Waals surface area contributed by atoms with Gasteiger partial charge in [0.15, 0.2) is 17.5 Å². The molecule has 1 aliphatic carbocycles. The van der Waals surface area contributed by atoms with Gasteiger partial charge < -0.3 is 0 Å². The van der Waals surface area contributed by atoms with Crippen LogP contribution in [0, 0.1) is 0 Å². The quantitative estimate of drug-likeness (QED) is 0.185. The first-order chi connectivity index (χ1) is 25.8. The van der Waals surface area contributed by atoms with Crippen LogP contribution in [0.1, 0.15) is 0 Å². The van der Waals surface area contributed by atoms with Crippen molar-refractivity contribution >= 4 is 84.6 Å². The lowest BCUT2D eigenvalue weighted by Gasteiger charge is -2.12. The van der Waals surface area contributed by atoms with Crippen LogP contribution < -0.4 is 0 Å². The van der Waals surface area contributed by atoms with Gasteiger partial charge in [-0.15, -0.1) is 22.7 Å². The monoisotopic (exact) mass is 695 g/mol. The summed E-state index contributed by atoms with van der Waals surface area (Å²) in [5, 5.41) is 9.75. The zero-order valence-electron chi connectivity index (χ0n) is 27.6. The Bertz CT molecular complexity index is 3310. The minimum absolute atomic E-state index is 0.674. The molecule has 0 atom stereocenters. The molecular formula is C47H25N3S2. The Morgan fingerprint density at radius 1 is 0.288 bits per heavy atom. The van der Waals surface area contributed by atoms with Crippen molar-refractivity contribution in [2.24, 2.45) is 0 Å². The summed E-state index contributed by atoms with van der Waals surface area (Å²) >= 11 is 3.65. The molecule has 0 fully saturated rings. The van der Waals surface area contributed by atoms with E-state index < -0.39 is 0 Å². The van der Waals surface area contributed by atoms with Crippen molar-refractivity contribution in [2.45, 2.75) is 0 Å². The maximum absolute atomic E-state index is 5.38. The van der Waals surface area contributed by atoms with Gasteiger partial charge in [0.25, 0.3) is 0 Å². The number of aromatic nitrogens is 3. The van der Waals surface area contributed by atoms with E-state index in [2.05, 4.69) is 152 Å². The number of thiophene rings is 2. The van der Waals surface area contributed by atoms with E-state index in [-0.39, 0.29) is 0 Å². The van der Waals surface area contributed by atoms with Gasteiger partial charge in [-0.05, 0) is 74.1 Å². The molecule has 0 unspecified atom stereocenters. The summed E-state index contributed by atoms with van der Waals surface area (Å²) in [7, 11) is 0. The summed E-state index contributed by atoms with van der Waals surface area (Å²) in [6, 6.07) is 54.7. The van der Waals surface area contributed by atoms with Crippen LogP contribution in [0.5, 0.6) is 0 Å². The molecule has 0 amide bonds. The van der Waals surface area contributed by atoms with Crippen molar-refractivity contribution in [2.75, 3.05) is 0 Å². The van der Waals surface area contributed by atoms with E-state index in [1.54, 1.807) is 0 Å². The van der Waals surface area contributed by atoms with Crippen molar-refractivity contribution in [3.8, 4) is 56.4 Å². The maximum atomic E-state index is 5.38. The summed E-state index contributed by atoms with van der Waals surface area (Å²) in [4.78, 5) is 16.0. The smallest absolute Gasteiger partial charge is 0.164 e. The van der Waals surface area contributed by atoms with Crippen LogP contribution in [0.15, 0.2) is 152 Å². The molecule has 0 saturated heterocycles. The Balaban J connectivity index is 1.15. The third-order valence-corrected chi connectivity index (χ3v) is 12.9. The molecule has 0 bridgehead atoms. The first-order valence-electron chi connectivity index (χ1n) is 17.4. The number of fused-ring (bicyclic) bond motifs is 10. The molecule has 1 aliphatic rings. The lowest BCUT2D eigenvalue weighted by Crippen LogP contribution is -2.01. The first-order valence-corrected chi connectivity index (χ1v) is 19.1. The molecule has 52 heavy (non-hydrogen) atoms. The highest BCUT2D eigenvalue weighted by Gasteiger charge is 2.25. The third kappa shape index (κ3) is 3.97. The van der Waals surface area contributed by atoms with Gasteiger partial charge >= 0.3 is 0 Å². The van der Waals surface area contributed by atoms with Gasteiger partial charge in [0.2, 0.25) is 0 Å². The zero-order valence-corrected chi connectivity index (χ0v) is 29.2. The highest BCUT2D eigenvalue weighted by molar-refractivity contribution is 7.26. The van der Waals surface area contributed by atoms with E-state index in [1.807, 2.05) is 22.7 Å². The van der Waals surface area contributed by atoms with Crippen LogP contribution in [0.3, 0.4) is 0 Å². The maximum Gasteiger partial charge on any atom is 0.164 e. The number of benzene rings is 8. The van der Waals surface area contributed by atoms with Crippen LogP contribution in [0.25, 0.3) is 118 Å². The first kappa shape index (κ1) is 28.4. The fourth-order valence-corrected chi connectivity index (χ4v) is 10.7. The van der Waals surface area contributed by atoms with Crippen molar-refractivity contribution in [1.29, 1.82) is 0 Å². The van der Waals surface area contributed by atoms with Crippen LogP contribution in [-0.4, -0.2) is 15.0 Å². The average molecular weight is 696 g/mol. The molecule has 3 heterocycles. The second-order valence-electron chi connectivity index (χ2n) is 13.5. The Labute approximate surface area is 306 Å². The Kier molecular flexibility index (Phi) is 5.81. The minimum Gasteiger partial charge on any atom is -0.208 e. The van der Waals surface area contributed by atoms with Crippen LogP contribution in [0.4, 0.5) is 0 Å². The molecule has 0 N–H and O–H groups in total. The highest BCUT2D eigenvalue weighted by Crippen LogP contribution is 2.51. The van der Waals surface area contributed by atoms with Crippen molar-refractivity contribution in [1.82, 2.24) is 15.0 Å². The zero-order chi connectivity index (χ0) is 33.9. The molecule has 0 spiro atoms. The topological polar surface area (TPSA) is 38.7 Å². The SMILES string of the molecule is c1ccc2c(-c3nc(-c4cccc5sc6ccccc6c45)nc(-c4cccc5sc6cc7c(cc6c45)-c4cccc5cccc-7c45)n3)cccc2c1. The van der Waals surface area contributed by atoms with Crippen LogP contribution >= 0.6 is 22.7 Å². The number of hydrogen-bond acceptors (Lipinski definition) is 5. The van der Waals surface area contributed by atoms with E-state index in [0.717, 1.165) is 27.5 Å². The van der Waals surface area contributed by atoms with Crippen molar-refractivity contribution < 1.29 is 0 Å². The van der Waals surface area contributed by atoms with E-state index in [1.165, 1.54) is 73.4 Å². The molecule has 11 aromatic rings. The minimum atomic E-state index is 0.674. The van der Waals surface area contributed by atoms with Gasteiger partial charge in [-0.2, -0.15) is 0 Å². The fraction of sp³-hybridized carbons (Fsp3) is 0. The van der Waals surface area contributed by atoms with Gasteiger partial charge in [0, 0.05) is 57.0 Å². The van der Waals surface area contributed by atoms with Gasteiger partial charge in [0.05, 0.1) is 0 Å². The average Bonchev–Trinajstić information content (AvgIpc) is 3.87. The Morgan fingerprint density at radius 3 is 1.50 bits per heavy atom. The summed E-state index contributed by atoms with van der Waals surface area (Å²) in [6.07, 6.45) is 0. The molecule has 3 nitrogen and oxygen atoms in total. The molecule has 0 saturated carbocycles. The van der Waals surface area contributed by atoms with Crippen LogP contribution in [-0.2, 0) is 0 Å². The van der Waals surface area contributed by atoms with Gasteiger partial charge in [0.1, 0.15) is 0 Å². The number of nitrogens with zero attached hydrogens (tertiary/aromatic N) is 3. The second kappa shape index (κ2) is 10.6. The predicted octanol–water partition coefficient (Wildman–Crippen LogP) is 13.6. The van der Waals surface area contributed by atoms with Crippen molar-refractivity contribution in [3.05, 3.63) is 152 Å². The number of rotatable bonds is 3. The lowest BCUT2D eigenvalue weighted by atomic mass is 9.99. The van der Waals surface area contributed by atoms with E-state index in [9.17, 15) is 0 Å². The van der Waals surface area contributed by atoms with E-state index in [0.29, 0.717) is 17.5 Å². The third-order valence-electron chi connectivity index (χ3n) is 10.7. The largest absolute Gasteiger partial charge is 0.208 e. The molecule has 5 heteroatoms. The summed E-state index contributed by atoms with van der Waals surface area (Å²) in [6.45, 7) is 0. The Hall–Kier alpha value is -6.27. The molecule has 3 aromatic heterocycles. The Morgan fingerprint density at radius 2 is 0.769 bits per heavy atom. The summed E-state index contributed by atoms with van der Waals surface area (Å²) in [5.74, 6) is 2.04. The number of hydrogen-bond donors (Lipinski definition) is 0. The standard InChI is InChI=1S/C47H25N3S2/c1-2-14-28-26(10-1)11-5-18-31(28)45-48-46(33-19-8-22-39-43(33)32-15-3-4-21-38(32)51-39)50-47(49-45)34-20-9-23-40-44(34)37-24-35-29-16-6-12-27-13-7-17-30(42(27)29)36(35)25-41(37)52-40/h1-25H. The molecule has 240 valence electrons. The second-order valence-corrected chi connectivity index (χ2v) is 15.7. The molecule has 0 aliphatic heterocycles. The molecule has 12 rings (SSSR count). The normalized spacial score (nSPS) is 12.2. The molecular weight excluding hydrogens is 671 g/mol. The summed E-state index contributed by atoms with van der Waals surface area (Å²) < 4.78 is 4.97. The molecule has 8 aromatic carbocycles. The van der Waals surface area contributed by atoms with E-state index >= 15 is 0 Å². The van der Waals surface area contributed by atoms with Crippen LogP contribution in [0.2, 0.25) is 0 Å². The fourth-order valence-electron chi connectivity index (χ4n) is 8.41. The molecule has 0 radical (unpaired) electrons. The summed E-state index contributed by atoms with van der Waals surface area (Å²) in [5.41, 5.74) is 8.26. The highest BCUT2D eigenvalue weighted by atomic mass is 32.1. The van der Waals surface area contributed by atoms with Gasteiger partial charge in [-0.1, -0.05) is 121 Å². The van der Waals surface area contributed by atoms with Gasteiger partial charge in [-0.3, -0.25) is 0 Å². The van der Waals surface area contributed by atoms with Gasteiger partial charge in [-0.25, -0.2) is 15.0 Å². The van der Waals surface area contributed by atoms with Crippen molar-refractivity contribution in [3.63, 3.8) is 0 Å². The predicted molar refractivity (Wildman–Crippen MR) is 221 cm³/mol.